The zero-order valence-electron chi connectivity index (χ0n) is 11.1. The minimum absolute atomic E-state index is 0.159. The van der Waals surface area contributed by atoms with Crippen LogP contribution in [0.25, 0.3) is 0 Å². The van der Waals surface area contributed by atoms with Crippen LogP contribution in [0.3, 0.4) is 0 Å². The third-order valence-electron chi connectivity index (χ3n) is 2.66. The molecule has 2 aromatic rings. The predicted molar refractivity (Wildman–Crippen MR) is 92.4 cm³/mol. The summed E-state index contributed by atoms with van der Waals surface area (Å²) in [6, 6.07) is 15.1. The van der Waals surface area contributed by atoms with Crippen molar-refractivity contribution in [1.82, 2.24) is 10.7 Å². The topological polar surface area (TPSA) is 56.7 Å². The average Bonchev–Trinajstić information content (AvgIpc) is 2.50. The van der Waals surface area contributed by atoms with Crippen molar-refractivity contribution in [2.45, 2.75) is 6.54 Å². The quantitative estimate of drug-likeness (QED) is 0.443. The van der Waals surface area contributed by atoms with Gasteiger partial charge in [-0.2, -0.15) is 5.10 Å². The van der Waals surface area contributed by atoms with Gasteiger partial charge in [0.15, 0.2) is 5.11 Å². The molecular weight excluding hydrogens is 350 g/mol. The summed E-state index contributed by atoms with van der Waals surface area (Å²) in [7, 11) is 0. The minimum atomic E-state index is 0.159. The summed E-state index contributed by atoms with van der Waals surface area (Å²) < 4.78 is 0.867. The van der Waals surface area contributed by atoms with E-state index in [1.807, 2.05) is 30.3 Å². The number of hydrogen-bond acceptors (Lipinski definition) is 3. The summed E-state index contributed by atoms with van der Waals surface area (Å²) in [5.41, 5.74) is 4.45. The molecule has 2 aromatic carbocycles. The number of hydrazone groups is 1. The first-order chi connectivity index (χ1) is 10.1. The van der Waals surface area contributed by atoms with E-state index in [1.165, 1.54) is 6.21 Å². The Morgan fingerprint density at radius 1 is 1.24 bits per heavy atom. The first-order valence-corrected chi connectivity index (χ1v) is 7.44. The van der Waals surface area contributed by atoms with E-state index in [-0.39, 0.29) is 5.75 Å². The number of halogens is 1. The van der Waals surface area contributed by atoms with Gasteiger partial charge in [0, 0.05) is 16.6 Å². The fourth-order valence-corrected chi connectivity index (χ4v) is 2.11. The molecule has 0 amide bonds. The maximum Gasteiger partial charge on any atom is 0.187 e. The van der Waals surface area contributed by atoms with Crippen molar-refractivity contribution < 1.29 is 5.11 Å². The van der Waals surface area contributed by atoms with Crippen LogP contribution in [-0.4, -0.2) is 16.4 Å². The normalized spacial score (nSPS) is 10.5. The first-order valence-electron chi connectivity index (χ1n) is 6.24. The Balaban J connectivity index is 1.83. The van der Waals surface area contributed by atoms with E-state index in [0.717, 1.165) is 10.0 Å². The van der Waals surface area contributed by atoms with Crippen molar-refractivity contribution in [3.8, 4) is 5.75 Å². The van der Waals surface area contributed by atoms with Crippen LogP contribution in [-0.2, 0) is 6.54 Å². The van der Waals surface area contributed by atoms with E-state index in [0.29, 0.717) is 17.2 Å². The van der Waals surface area contributed by atoms with Gasteiger partial charge in [-0.3, -0.25) is 5.43 Å². The van der Waals surface area contributed by atoms with Crippen LogP contribution in [0, 0.1) is 0 Å². The molecule has 0 aliphatic rings. The van der Waals surface area contributed by atoms with E-state index in [4.69, 9.17) is 12.2 Å². The molecular formula is C15H14BrN3OS. The number of rotatable bonds is 4. The van der Waals surface area contributed by atoms with Crippen LogP contribution in [0.1, 0.15) is 11.1 Å². The van der Waals surface area contributed by atoms with E-state index in [2.05, 4.69) is 31.8 Å². The van der Waals surface area contributed by atoms with Gasteiger partial charge in [-0.15, -0.1) is 0 Å². The molecule has 0 aromatic heterocycles. The van der Waals surface area contributed by atoms with Crippen LogP contribution < -0.4 is 10.7 Å². The molecule has 21 heavy (non-hydrogen) atoms. The molecule has 4 nitrogen and oxygen atoms in total. The SMILES string of the molecule is Oc1ccc(Br)cc1C=NNC(=S)NCc1ccccc1. The lowest BCUT2D eigenvalue weighted by Gasteiger charge is -2.06. The van der Waals surface area contributed by atoms with Gasteiger partial charge in [0.2, 0.25) is 0 Å². The number of hydrogen-bond donors (Lipinski definition) is 3. The minimum Gasteiger partial charge on any atom is -0.507 e. The molecule has 0 atom stereocenters. The zero-order chi connectivity index (χ0) is 15.1. The number of nitrogens with one attached hydrogen (secondary N) is 2. The molecule has 0 bridgehead atoms. The molecule has 0 unspecified atom stereocenters. The van der Waals surface area contributed by atoms with Crippen LogP contribution in [0.4, 0.5) is 0 Å². The average molecular weight is 364 g/mol. The van der Waals surface area contributed by atoms with E-state index in [1.54, 1.807) is 18.2 Å². The van der Waals surface area contributed by atoms with Crippen LogP contribution in [0.2, 0.25) is 0 Å². The monoisotopic (exact) mass is 363 g/mol. The molecule has 0 aliphatic carbocycles. The summed E-state index contributed by atoms with van der Waals surface area (Å²) in [4.78, 5) is 0. The zero-order valence-corrected chi connectivity index (χ0v) is 13.5. The Kier molecular flexibility index (Phi) is 5.71. The van der Waals surface area contributed by atoms with Gasteiger partial charge >= 0.3 is 0 Å². The Morgan fingerprint density at radius 2 is 2.00 bits per heavy atom. The second-order valence-electron chi connectivity index (χ2n) is 4.24. The fourth-order valence-electron chi connectivity index (χ4n) is 1.61. The highest BCUT2D eigenvalue weighted by molar-refractivity contribution is 9.10. The van der Waals surface area contributed by atoms with E-state index < -0.39 is 0 Å². The lowest BCUT2D eigenvalue weighted by atomic mass is 10.2. The molecule has 0 aliphatic heterocycles. The van der Waals surface area contributed by atoms with Gasteiger partial charge in [-0.05, 0) is 36.0 Å². The van der Waals surface area contributed by atoms with E-state index >= 15 is 0 Å². The van der Waals surface area contributed by atoms with Gasteiger partial charge in [0.05, 0.1) is 6.21 Å². The smallest absolute Gasteiger partial charge is 0.187 e. The lowest BCUT2D eigenvalue weighted by molar-refractivity contribution is 0.474. The fraction of sp³-hybridized carbons (Fsp3) is 0.0667. The van der Waals surface area contributed by atoms with Crippen molar-refractivity contribution in [3.05, 3.63) is 64.1 Å². The largest absolute Gasteiger partial charge is 0.507 e. The molecule has 0 radical (unpaired) electrons. The number of thiocarbonyl (C=S) groups is 1. The van der Waals surface area contributed by atoms with Crippen LogP contribution >= 0.6 is 28.1 Å². The third-order valence-corrected chi connectivity index (χ3v) is 3.38. The predicted octanol–water partition coefficient (Wildman–Crippen LogP) is 3.15. The molecule has 3 N–H and O–H groups in total. The standard InChI is InChI=1S/C15H14BrN3OS/c16-13-6-7-14(20)12(8-13)10-18-19-15(21)17-9-11-4-2-1-3-5-11/h1-8,10,20H,9H2,(H2,17,19,21). The molecule has 2 rings (SSSR count). The summed E-state index contributed by atoms with van der Waals surface area (Å²) >= 11 is 8.46. The Hall–Kier alpha value is -1.92. The van der Waals surface area contributed by atoms with Crippen molar-refractivity contribution in [2.75, 3.05) is 0 Å². The molecule has 0 saturated carbocycles. The van der Waals surface area contributed by atoms with Crippen LogP contribution in [0.5, 0.6) is 5.75 Å². The number of nitrogens with zero attached hydrogens (tertiary/aromatic N) is 1. The molecule has 0 heterocycles. The highest BCUT2D eigenvalue weighted by Gasteiger charge is 1.99. The molecule has 0 spiro atoms. The Bertz CT molecular complexity index is 647. The molecule has 6 heteroatoms. The summed E-state index contributed by atoms with van der Waals surface area (Å²) in [5, 5.41) is 17.1. The maximum absolute atomic E-state index is 9.66. The highest BCUT2D eigenvalue weighted by Crippen LogP contribution is 2.19. The van der Waals surface area contributed by atoms with Gasteiger partial charge in [0.25, 0.3) is 0 Å². The van der Waals surface area contributed by atoms with Crippen molar-refractivity contribution in [1.29, 1.82) is 0 Å². The van der Waals surface area contributed by atoms with Gasteiger partial charge in [-0.1, -0.05) is 46.3 Å². The third kappa shape index (κ3) is 5.17. The number of benzene rings is 2. The Morgan fingerprint density at radius 3 is 2.76 bits per heavy atom. The van der Waals surface area contributed by atoms with E-state index in [9.17, 15) is 5.11 Å². The molecule has 108 valence electrons. The first kappa shape index (κ1) is 15.5. The van der Waals surface area contributed by atoms with Crippen molar-refractivity contribution in [2.24, 2.45) is 5.10 Å². The molecule has 0 fully saturated rings. The Labute approximate surface area is 137 Å². The van der Waals surface area contributed by atoms with Gasteiger partial charge < -0.3 is 10.4 Å². The number of phenolic OH excluding ortho intramolecular Hbond substituents is 1. The second-order valence-corrected chi connectivity index (χ2v) is 5.57. The van der Waals surface area contributed by atoms with Crippen molar-refractivity contribution in [3.63, 3.8) is 0 Å². The summed E-state index contributed by atoms with van der Waals surface area (Å²) in [6.07, 6.45) is 1.51. The van der Waals surface area contributed by atoms with Crippen molar-refractivity contribution >= 4 is 39.5 Å². The summed E-state index contributed by atoms with van der Waals surface area (Å²) in [6.45, 7) is 0.629. The van der Waals surface area contributed by atoms with Gasteiger partial charge in [0.1, 0.15) is 5.75 Å². The highest BCUT2D eigenvalue weighted by atomic mass is 79.9. The lowest BCUT2D eigenvalue weighted by Crippen LogP contribution is -2.31. The maximum atomic E-state index is 9.66. The number of phenols is 1. The second kappa shape index (κ2) is 7.75. The van der Waals surface area contributed by atoms with Crippen LogP contribution in [0.15, 0.2) is 58.1 Å². The number of aromatic hydroxyl groups is 1. The summed E-state index contributed by atoms with van der Waals surface area (Å²) in [5.74, 6) is 0.159. The molecule has 0 saturated heterocycles. The van der Waals surface area contributed by atoms with Gasteiger partial charge in [-0.25, -0.2) is 0 Å².